The molecule has 0 saturated heterocycles. The van der Waals surface area contributed by atoms with Crippen LogP contribution in [0, 0.1) is 58.7 Å². The van der Waals surface area contributed by atoms with Crippen molar-refractivity contribution >= 4 is 21.7 Å². The molecule has 4 rings (SSSR count). The lowest BCUT2D eigenvalue weighted by atomic mass is 9.49. The van der Waals surface area contributed by atoms with Gasteiger partial charge >= 0.3 is 0 Å². The normalized spacial score (nSPS) is 38.1. The van der Waals surface area contributed by atoms with E-state index >= 15 is 0 Å². The van der Waals surface area contributed by atoms with Crippen molar-refractivity contribution in [3.63, 3.8) is 0 Å². The molecule has 4 aliphatic carbocycles. The third kappa shape index (κ3) is 8.06. The average Bonchev–Trinajstić information content (AvgIpc) is 3.24. The number of hydrogen-bond donors (Lipinski definition) is 1. The second kappa shape index (κ2) is 15.8. The maximum atomic E-state index is 12.4. The molecule has 218 valence electrons. The Hall–Kier alpha value is 0.0700. The highest BCUT2D eigenvalue weighted by Gasteiger charge is 2.58. The third-order valence-corrected chi connectivity index (χ3v) is 11.9. The lowest BCUT2D eigenvalue weighted by molar-refractivity contribution is -0.128. The van der Waals surface area contributed by atoms with E-state index in [1.54, 1.807) is 14.2 Å². The predicted molar refractivity (Wildman–Crippen MR) is 161 cm³/mol. The molecule has 0 aromatic carbocycles. The van der Waals surface area contributed by atoms with E-state index in [1.807, 2.05) is 0 Å². The molecule has 10 atom stereocenters. The summed E-state index contributed by atoms with van der Waals surface area (Å²) in [6, 6.07) is 0. The summed E-state index contributed by atoms with van der Waals surface area (Å²) in [5.41, 5.74) is 0.271. The monoisotopic (exact) mass is 584 g/mol. The zero-order valence-corrected chi connectivity index (χ0v) is 27.2. The maximum absolute atomic E-state index is 12.4. The first-order valence-electron chi connectivity index (χ1n) is 15.8. The summed E-state index contributed by atoms with van der Waals surface area (Å²) >= 11 is 3.41. The lowest BCUT2D eigenvalue weighted by Gasteiger charge is -2.56. The SMILES string of the molecule is CC12CCC3C4CCC(O)CC4CCC3C1CCC2C(=O)CBr.CCCC(C(C)C)C(C)CC.COC. The summed E-state index contributed by atoms with van der Waals surface area (Å²) in [7, 11) is 3.25. The minimum absolute atomic E-state index is 0.0333. The van der Waals surface area contributed by atoms with Crippen LogP contribution >= 0.6 is 15.9 Å². The second-order valence-corrected chi connectivity index (χ2v) is 14.2. The summed E-state index contributed by atoms with van der Waals surface area (Å²) in [6.45, 7) is 14.1. The summed E-state index contributed by atoms with van der Waals surface area (Å²) in [4.78, 5) is 12.4. The molecule has 4 saturated carbocycles. The van der Waals surface area contributed by atoms with Crippen molar-refractivity contribution in [2.75, 3.05) is 19.5 Å². The molecule has 0 bridgehead atoms. The Morgan fingerprint density at radius 1 is 0.973 bits per heavy atom. The number of methoxy groups -OCH3 is 1. The first-order valence-corrected chi connectivity index (χ1v) is 16.9. The van der Waals surface area contributed by atoms with Crippen molar-refractivity contribution < 1.29 is 14.6 Å². The van der Waals surface area contributed by atoms with Crippen LogP contribution < -0.4 is 0 Å². The summed E-state index contributed by atoms with van der Waals surface area (Å²) in [5.74, 6) is 7.66. The van der Waals surface area contributed by atoms with E-state index in [4.69, 9.17) is 0 Å². The second-order valence-electron chi connectivity index (χ2n) is 13.7. The average molecular weight is 586 g/mol. The number of ketones is 1. The molecule has 4 aliphatic rings. The van der Waals surface area contributed by atoms with Crippen molar-refractivity contribution in [1.82, 2.24) is 0 Å². The number of hydrogen-bond acceptors (Lipinski definition) is 3. The van der Waals surface area contributed by atoms with Crippen LogP contribution in [-0.2, 0) is 9.53 Å². The number of aliphatic hydroxyl groups is 1. The van der Waals surface area contributed by atoms with Crippen molar-refractivity contribution in [3.05, 3.63) is 0 Å². The van der Waals surface area contributed by atoms with Gasteiger partial charge in [-0.3, -0.25) is 4.79 Å². The van der Waals surface area contributed by atoms with Crippen LogP contribution in [0.25, 0.3) is 0 Å². The number of halogens is 1. The molecular weight excluding hydrogens is 524 g/mol. The number of alkyl halides is 1. The minimum atomic E-state index is -0.0333. The molecular formula is C33H61BrO3. The largest absolute Gasteiger partial charge is 0.393 e. The van der Waals surface area contributed by atoms with Crippen molar-refractivity contribution in [3.8, 4) is 0 Å². The quantitative estimate of drug-likeness (QED) is 0.304. The van der Waals surface area contributed by atoms with E-state index < -0.39 is 0 Å². The van der Waals surface area contributed by atoms with Crippen LogP contribution in [-0.4, -0.2) is 36.5 Å². The fraction of sp³-hybridized carbons (Fsp3) is 0.970. The number of fused-ring (bicyclic) bond motifs is 5. The van der Waals surface area contributed by atoms with Gasteiger partial charge in [-0.1, -0.05) is 76.7 Å². The Labute approximate surface area is 238 Å². The molecule has 0 spiro atoms. The van der Waals surface area contributed by atoms with E-state index in [9.17, 15) is 9.90 Å². The van der Waals surface area contributed by atoms with Crippen molar-refractivity contribution in [2.24, 2.45) is 58.7 Å². The van der Waals surface area contributed by atoms with Gasteiger partial charge in [0.15, 0.2) is 0 Å². The molecule has 0 radical (unpaired) electrons. The predicted octanol–water partition coefficient (Wildman–Crippen LogP) is 8.95. The Kier molecular flexibility index (Phi) is 14.2. The first-order chi connectivity index (χ1) is 17.6. The Morgan fingerprint density at radius 3 is 2.19 bits per heavy atom. The highest BCUT2D eigenvalue weighted by Crippen LogP contribution is 2.64. The van der Waals surface area contributed by atoms with Crippen molar-refractivity contribution in [2.45, 2.75) is 125 Å². The number of ether oxygens (including phenoxy) is 1. The molecule has 4 fully saturated rings. The van der Waals surface area contributed by atoms with Crippen LogP contribution in [0.4, 0.5) is 0 Å². The van der Waals surface area contributed by atoms with Gasteiger partial charge in [-0.2, -0.15) is 0 Å². The fourth-order valence-electron chi connectivity index (χ4n) is 9.36. The van der Waals surface area contributed by atoms with Gasteiger partial charge in [0.05, 0.1) is 11.4 Å². The zero-order valence-electron chi connectivity index (χ0n) is 25.6. The Bertz CT molecular complexity index is 666. The molecule has 0 aromatic heterocycles. The van der Waals surface area contributed by atoms with Gasteiger partial charge < -0.3 is 9.84 Å². The van der Waals surface area contributed by atoms with Crippen LogP contribution in [0.5, 0.6) is 0 Å². The van der Waals surface area contributed by atoms with E-state index in [-0.39, 0.29) is 11.5 Å². The molecule has 0 aromatic rings. The standard InChI is InChI=1S/C20H31BrO2.C11H24.C2H6O/c1-20-9-8-15-14-5-3-13(22)10-12(14)2-4-16(15)17(20)6-7-18(20)19(23)11-21;1-6-8-11(9(3)4)10(5)7-2;1-3-2/h12-18,22H,2-11H2,1H3;9-11H,6-8H2,1-5H3;1-2H3. The van der Waals surface area contributed by atoms with Gasteiger partial charge in [0, 0.05) is 20.1 Å². The molecule has 0 aliphatic heterocycles. The molecule has 3 nitrogen and oxygen atoms in total. The number of rotatable bonds is 7. The molecule has 37 heavy (non-hydrogen) atoms. The van der Waals surface area contributed by atoms with Gasteiger partial charge in [0.25, 0.3) is 0 Å². The van der Waals surface area contributed by atoms with Crippen LogP contribution in [0.1, 0.15) is 119 Å². The van der Waals surface area contributed by atoms with E-state index in [2.05, 4.69) is 62.2 Å². The van der Waals surface area contributed by atoms with Crippen LogP contribution in [0.15, 0.2) is 0 Å². The number of carbonyl (C=O) groups is 1. The lowest BCUT2D eigenvalue weighted by Crippen LogP contribution is -2.49. The number of Topliss-reactive ketones (excluding diaryl/α,β-unsaturated/α-hetero) is 1. The highest BCUT2D eigenvalue weighted by atomic mass is 79.9. The topological polar surface area (TPSA) is 46.5 Å². The van der Waals surface area contributed by atoms with Crippen LogP contribution in [0.3, 0.4) is 0 Å². The van der Waals surface area contributed by atoms with Gasteiger partial charge in [-0.15, -0.1) is 0 Å². The Morgan fingerprint density at radius 2 is 1.62 bits per heavy atom. The summed E-state index contributed by atoms with van der Waals surface area (Å²) < 4.78 is 4.25. The van der Waals surface area contributed by atoms with Gasteiger partial charge in [-0.05, 0) is 111 Å². The number of carbonyl (C=O) groups excluding carboxylic acids is 1. The van der Waals surface area contributed by atoms with Crippen LogP contribution in [0.2, 0.25) is 0 Å². The van der Waals surface area contributed by atoms with E-state index in [0.717, 1.165) is 66.6 Å². The summed E-state index contributed by atoms with van der Waals surface area (Å²) in [5, 5.41) is 10.6. The van der Waals surface area contributed by atoms with E-state index in [1.165, 1.54) is 57.8 Å². The molecule has 0 amide bonds. The van der Waals surface area contributed by atoms with E-state index in [0.29, 0.717) is 17.0 Å². The van der Waals surface area contributed by atoms with Gasteiger partial charge in [0.2, 0.25) is 0 Å². The third-order valence-electron chi connectivity index (χ3n) is 11.3. The summed E-state index contributed by atoms with van der Waals surface area (Å²) in [6.07, 6.45) is 15.1. The highest BCUT2D eigenvalue weighted by molar-refractivity contribution is 9.09. The maximum Gasteiger partial charge on any atom is 0.147 e. The number of aliphatic hydroxyl groups excluding tert-OH is 1. The Balaban J connectivity index is 0.000000291. The van der Waals surface area contributed by atoms with Gasteiger partial charge in [0.1, 0.15) is 5.78 Å². The minimum Gasteiger partial charge on any atom is -0.393 e. The van der Waals surface area contributed by atoms with Gasteiger partial charge in [-0.25, -0.2) is 0 Å². The molecule has 1 N–H and O–H groups in total. The first kappa shape index (κ1) is 33.3. The molecule has 10 unspecified atom stereocenters. The molecule has 0 heterocycles. The van der Waals surface area contributed by atoms with Crippen molar-refractivity contribution in [1.29, 1.82) is 0 Å². The molecule has 4 heteroatoms. The fourth-order valence-corrected chi connectivity index (χ4v) is 9.75. The smallest absolute Gasteiger partial charge is 0.147 e. The zero-order chi connectivity index (χ0) is 27.8.